The lowest BCUT2D eigenvalue weighted by molar-refractivity contribution is -0.198. The first kappa shape index (κ1) is 24.0. The molecule has 0 bridgehead atoms. The van der Waals surface area contributed by atoms with Gasteiger partial charge in [-0.3, -0.25) is 4.79 Å². The first-order chi connectivity index (χ1) is 16.7. The molecule has 4 rings (SSSR count). The van der Waals surface area contributed by atoms with E-state index in [0.717, 1.165) is 11.9 Å². The van der Waals surface area contributed by atoms with E-state index in [2.05, 4.69) is 9.97 Å². The van der Waals surface area contributed by atoms with Gasteiger partial charge in [-0.1, -0.05) is 48.5 Å². The topological polar surface area (TPSA) is 117 Å². The number of halogens is 3. The minimum Gasteiger partial charge on any atom is -0.472 e. The lowest BCUT2D eigenvalue weighted by Gasteiger charge is -2.23. The summed E-state index contributed by atoms with van der Waals surface area (Å²) in [7, 11) is 0. The van der Waals surface area contributed by atoms with Crippen LogP contribution < -0.4 is 16.2 Å². The van der Waals surface area contributed by atoms with Crippen molar-refractivity contribution in [1.82, 2.24) is 9.97 Å². The predicted octanol–water partition coefficient (Wildman–Crippen LogP) is 4.44. The second-order valence-corrected chi connectivity index (χ2v) is 7.79. The molecule has 2 aromatic carbocycles. The number of carbonyl (C=O) groups is 1. The maximum atomic E-state index is 14.1. The summed E-state index contributed by atoms with van der Waals surface area (Å²) in [4.78, 5) is 19.2. The Balaban J connectivity index is 1.61. The molecule has 7 nitrogen and oxygen atoms in total. The Bertz CT molecular complexity index is 1290. The van der Waals surface area contributed by atoms with Crippen LogP contribution in [0.15, 0.2) is 83.9 Å². The second-order valence-electron chi connectivity index (χ2n) is 7.79. The van der Waals surface area contributed by atoms with Gasteiger partial charge in [0.25, 0.3) is 0 Å². The summed E-state index contributed by atoms with van der Waals surface area (Å²) in [6, 6.07) is 15.1. The summed E-state index contributed by atoms with van der Waals surface area (Å²) >= 11 is 0. The number of alkyl halides is 3. The molecule has 1 unspecified atom stereocenters. The average Bonchev–Trinajstić information content (AvgIpc) is 3.37. The van der Waals surface area contributed by atoms with E-state index in [1.54, 1.807) is 42.5 Å². The van der Waals surface area contributed by atoms with Gasteiger partial charge in [0.1, 0.15) is 6.33 Å². The van der Waals surface area contributed by atoms with Gasteiger partial charge in [0.15, 0.2) is 0 Å². The minimum absolute atomic E-state index is 0.0725. The van der Waals surface area contributed by atoms with Crippen LogP contribution in [-0.2, 0) is 11.2 Å². The van der Waals surface area contributed by atoms with Crippen molar-refractivity contribution in [2.75, 3.05) is 0 Å². The van der Waals surface area contributed by atoms with Crippen LogP contribution in [0.2, 0.25) is 0 Å². The number of carbonyl (C=O) groups excluding carboxylic acids is 1. The highest BCUT2D eigenvalue weighted by Gasteiger charge is 2.44. The van der Waals surface area contributed by atoms with Crippen molar-refractivity contribution in [2.45, 2.75) is 24.7 Å². The Morgan fingerprint density at radius 1 is 1.03 bits per heavy atom. The highest BCUT2D eigenvalue weighted by Crippen LogP contribution is 2.41. The van der Waals surface area contributed by atoms with Crippen molar-refractivity contribution < 1.29 is 27.1 Å². The second kappa shape index (κ2) is 9.98. The molecule has 0 aliphatic heterocycles. The fraction of sp³-hybridized carbons (Fsp3) is 0.160. The van der Waals surface area contributed by atoms with Crippen LogP contribution in [0.25, 0.3) is 22.4 Å². The molecule has 0 radical (unpaired) electrons. The zero-order chi connectivity index (χ0) is 25.0. The molecular weight excluding hydrogens is 461 g/mol. The SMILES string of the molecule is NC(=O)[C@@H](N)Cc1ccc(-c2cc(OC(c3ccccc3-c3ccoc3)C(F)(F)F)ncn2)cc1. The maximum Gasteiger partial charge on any atom is 0.429 e. The number of hydrogen-bond acceptors (Lipinski definition) is 6. The van der Waals surface area contributed by atoms with Crippen LogP contribution in [0.3, 0.4) is 0 Å². The first-order valence-corrected chi connectivity index (χ1v) is 10.5. The van der Waals surface area contributed by atoms with Crippen molar-refractivity contribution in [1.29, 1.82) is 0 Å². The lowest BCUT2D eigenvalue weighted by atomic mass is 9.97. The molecule has 180 valence electrons. The fourth-order valence-corrected chi connectivity index (χ4v) is 3.56. The average molecular weight is 482 g/mol. The van der Waals surface area contributed by atoms with Gasteiger partial charge < -0.3 is 20.6 Å². The Morgan fingerprint density at radius 2 is 1.77 bits per heavy atom. The third-order valence-electron chi connectivity index (χ3n) is 5.32. The zero-order valence-corrected chi connectivity index (χ0v) is 18.3. The summed E-state index contributed by atoms with van der Waals surface area (Å²) in [5, 5.41) is 0. The molecule has 2 atom stereocenters. The summed E-state index contributed by atoms with van der Waals surface area (Å²) in [5.41, 5.74) is 13.4. The van der Waals surface area contributed by atoms with E-state index in [1.165, 1.54) is 30.7 Å². The van der Waals surface area contributed by atoms with E-state index in [-0.39, 0.29) is 17.9 Å². The van der Waals surface area contributed by atoms with Crippen LogP contribution in [0.4, 0.5) is 13.2 Å². The number of ether oxygens (including phenoxy) is 1. The largest absolute Gasteiger partial charge is 0.472 e. The smallest absolute Gasteiger partial charge is 0.429 e. The molecule has 4 N–H and O–H groups in total. The normalized spacial score (nSPS) is 13.3. The molecule has 10 heteroatoms. The van der Waals surface area contributed by atoms with Crippen molar-refractivity contribution >= 4 is 5.91 Å². The molecule has 4 aromatic rings. The fourth-order valence-electron chi connectivity index (χ4n) is 3.56. The Morgan fingerprint density at radius 3 is 2.43 bits per heavy atom. The van der Waals surface area contributed by atoms with Gasteiger partial charge in [0, 0.05) is 22.8 Å². The van der Waals surface area contributed by atoms with Crippen molar-refractivity contribution in [3.8, 4) is 28.3 Å². The van der Waals surface area contributed by atoms with Crippen LogP contribution in [-0.4, -0.2) is 28.1 Å². The van der Waals surface area contributed by atoms with Gasteiger partial charge in [-0.25, -0.2) is 9.97 Å². The Labute approximate surface area is 198 Å². The molecule has 0 saturated heterocycles. The predicted molar refractivity (Wildman–Crippen MR) is 122 cm³/mol. The highest BCUT2D eigenvalue weighted by atomic mass is 19.4. The number of furan rings is 1. The van der Waals surface area contributed by atoms with E-state index in [1.807, 2.05) is 0 Å². The van der Waals surface area contributed by atoms with Gasteiger partial charge in [-0.2, -0.15) is 13.2 Å². The molecule has 35 heavy (non-hydrogen) atoms. The summed E-state index contributed by atoms with van der Waals surface area (Å²) < 4.78 is 52.8. The number of rotatable bonds is 8. The van der Waals surface area contributed by atoms with E-state index >= 15 is 0 Å². The van der Waals surface area contributed by atoms with Crippen LogP contribution in [0.1, 0.15) is 17.2 Å². The van der Waals surface area contributed by atoms with Gasteiger partial charge in [-0.05, 0) is 23.6 Å². The minimum atomic E-state index is -4.72. The molecule has 0 fully saturated rings. The standard InChI is InChI=1S/C25H21F3N4O3/c26-25(27,28)23(19-4-2-1-3-18(19)17-9-10-34-13-17)35-22-12-21(31-14-32-22)16-7-5-15(6-8-16)11-20(29)24(30)33/h1-10,12-14,20,23H,11,29H2,(H2,30,33)/t20-,23?/m0/s1. The van der Waals surface area contributed by atoms with Crippen molar-refractivity contribution in [3.05, 3.63) is 90.6 Å². The van der Waals surface area contributed by atoms with Crippen molar-refractivity contribution in [2.24, 2.45) is 11.5 Å². The van der Waals surface area contributed by atoms with Crippen LogP contribution >= 0.6 is 0 Å². The Kier molecular flexibility index (Phi) is 6.83. The summed E-state index contributed by atoms with van der Waals surface area (Å²) in [6.07, 6.45) is -2.83. The van der Waals surface area contributed by atoms with Crippen LogP contribution in [0, 0.1) is 0 Å². The highest BCUT2D eigenvalue weighted by molar-refractivity contribution is 5.80. The van der Waals surface area contributed by atoms with E-state index in [0.29, 0.717) is 22.4 Å². The molecule has 2 aromatic heterocycles. The van der Waals surface area contributed by atoms with Gasteiger partial charge in [-0.15, -0.1) is 0 Å². The number of aromatic nitrogens is 2. The van der Waals surface area contributed by atoms with Crippen LogP contribution in [0.5, 0.6) is 5.88 Å². The number of hydrogen-bond donors (Lipinski definition) is 2. The molecule has 0 spiro atoms. The third-order valence-corrected chi connectivity index (χ3v) is 5.32. The molecule has 1 amide bonds. The monoisotopic (exact) mass is 482 g/mol. The molecular formula is C25H21F3N4O3. The quantitative estimate of drug-likeness (QED) is 0.383. The van der Waals surface area contributed by atoms with Gasteiger partial charge in [0.2, 0.25) is 17.9 Å². The molecule has 2 heterocycles. The number of benzene rings is 2. The number of amides is 1. The molecule has 0 aliphatic carbocycles. The number of nitrogens with zero attached hydrogens (tertiary/aromatic N) is 2. The van der Waals surface area contributed by atoms with E-state index < -0.39 is 24.2 Å². The van der Waals surface area contributed by atoms with E-state index in [9.17, 15) is 18.0 Å². The molecule has 0 aliphatic rings. The van der Waals surface area contributed by atoms with Gasteiger partial charge >= 0.3 is 6.18 Å². The van der Waals surface area contributed by atoms with Gasteiger partial charge in [0.05, 0.1) is 24.3 Å². The first-order valence-electron chi connectivity index (χ1n) is 10.5. The summed E-state index contributed by atoms with van der Waals surface area (Å²) in [5.74, 6) is -0.848. The lowest BCUT2D eigenvalue weighted by Crippen LogP contribution is -2.38. The maximum absolute atomic E-state index is 14.1. The zero-order valence-electron chi connectivity index (χ0n) is 18.3. The van der Waals surface area contributed by atoms with Crippen molar-refractivity contribution in [3.63, 3.8) is 0 Å². The summed E-state index contributed by atoms with van der Waals surface area (Å²) in [6.45, 7) is 0. The third kappa shape index (κ3) is 5.67. The number of nitrogens with two attached hydrogens (primary N) is 2. The Hall–Kier alpha value is -4.18. The molecule has 0 saturated carbocycles. The van der Waals surface area contributed by atoms with E-state index in [4.69, 9.17) is 20.6 Å². The number of primary amides is 1.